The number of halogens is 3. The van der Waals surface area contributed by atoms with Gasteiger partial charge < -0.3 is 10.2 Å². The molecule has 2 fully saturated rings. The summed E-state index contributed by atoms with van der Waals surface area (Å²) in [5, 5.41) is 10.3. The Morgan fingerprint density at radius 2 is 2.06 bits per heavy atom. The van der Waals surface area contributed by atoms with Crippen molar-refractivity contribution in [3.05, 3.63) is 17.8 Å². The minimum atomic E-state index is -4.42. The maximum atomic E-state index is 12.4. The summed E-state index contributed by atoms with van der Waals surface area (Å²) in [5.74, 6) is 1.12. The Kier molecular flexibility index (Phi) is 2.65. The van der Waals surface area contributed by atoms with Gasteiger partial charge in [0.25, 0.3) is 0 Å². The van der Waals surface area contributed by atoms with E-state index in [4.69, 9.17) is 0 Å². The quantitative estimate of drug-likeness (QED) is 0.824. The highest BCUT2D eigenvalue weighted by Crippen LogP contribution is 2.32. The van der Waals surface area contributed by atoms with Crippen LogP contribution in [0.2, 0.25) is 0 Å². The molecule has 1 N–H and O–H groups in total. The second-order valence-corrected chi connectivity index (χ2v) is 4.74. The zero-order valence-electron chi connectivity index (χ0n) is 9.61. The number of nitrogens with one attached hydrogen (secondary N) is 1. The molecule has 0 unspecified atom stereocenters. The van der Waals surface area contributed by atoms with Gasteiger partial charge in [-0.3, -0.25) is 0 Å². The Hall–Kier alpha value is -1.37. The molecule has 2 saturated heterocycles. The second kappa shape index (κ2) is 4.08. The minimum absolute atomic E-state index is 0.344. The van der Waals surface area contributed by atoms with Crippen molar-refractivity contribution in [2.75, 3.05) is 24.5 Å². The van der Waals surface area contributed by atoms with E-state index in [-0.39, 0.29) is 0 Å². The van der Waals surface area contributed by atoms with Gasteiger partial charge in [0, 0.05) is 25.7 Å². The van der Waals surface area contributed by atoms with Crippen molar-refractivity contribution in [1.82, 2.24) is 15.5 Å². The average Bonchev–Trinajstić information content (AvgIpc) is 2.89. The molecule has 3 rings (SSSR count). The first-order valence-corrected chi connectivity index (χ1v) is 5.94. The van der Waals surface area contributed by atoms with E-state index >= 15 is 0 Å². The van der Waals surface area contributed by atoms with Crippen LogP contribution < -0.4 is 10.2 Å². The van der Waals surface area contributed by atoms with Gasteiger partial charge in [-0.15, -0.1) is 10.2 Å². The molecule has 98 valence electrons. The van der Waals surface area contributed by atoms with Gasteiger partial charge in [0.2, 0.25) is 0 Å². The van der Waals surface area contributed by atoms with E-state index in [1.807, 2.05) is 0 Å². The fourth-order valence-corrected chi connectivity index (χ4v) is 2.76. The molecule has 0 spiro atoms. The smallest absolute Gasteiger partial charge is 0.351 e. The lowest BCUT2D eigenvalue weighted by atomic mass is 10.1. The predicted molar refractivity (Wildman–Crippen MR) is 59.1 cm³/mol. The number of anilines is 1. The van der Waals surface area contributed by atoms with Gasteiger partial charge in [0.15, 0.2) is 11.5 Å². The van der Waals surface area contributed by atoms with Gasteiger partial charge in [0.1, 0.15) is 0 Å². The maximum Gasteiger partial charge on any atom is 0.435 e. The van der Waals surface area contributed by atoms with Gasteiger partial charge in [-0.1, -0.05) is 0 Å². The molecular weight excluding hydrogens is 245 g/mol. The van der Waals surface area contributed by atoms with Crippen LogP contribution in [-0.2, 0) is 6.18 Å². The summed E-state index contributed by atoms with van der Waals surface area (Å²) in [4.78, 5) is 2.05. The molecule has 2 aliphatic rings. The summed E-state index contributed by atoms with van der Waals surface area (Å²) in [7, 11) is 0. The third-order valence-electron chi connectivity index (χ3n) is 3.68. The van der Waals surface area contributed by atoms with E-state index in [0.717, 1.165) is 32.1 Å². The van der Waals surface area contributed by atoms with Crippen molar-refractivity contribution in [1.29, 1.82) is 0 Å². The van der Waals surface area contributed by atoms with Crippen molar-refractivity contribution in [2.24, 2.45) is 5.92 Å². The van der Waals surface area contributed by atoms with E-state index in [0.29, 0.717) is 17.8 Å². The van der Waals surface area contributed by atoms with Gasteiger partial charge >= 0.3 is 6.18 Å². The Balaban J connectivity index is 1.81. The van der Waals surface area contributed by atoms with Crippen LogP contribution in [0.25, 0.3) is 0 Å². The Bertz CT molecular complexity index is 431. The topological polar surface area (TPSA) is 41.0 Å². The van der Waals surface area contributed by atoms with E-state index < -0.39 is 11.9 Å². The monoisotopic (exact) mass is 258 g/mol. The lowest BCUT2D eigenvalue weighted by Crippen LogP contribution is -2.34. The summed E-state index contributed by atoms with van der Waals surface area (Å²) < 4.78 is 37.2. The Morgan fingerprint density at radius 3 is 2.72 bits per heavy atom. The molecular formula is C11H13F3N4. The van der Waals surface area contributed by atoms with Crippen LogP contribution in [-0.4, -0.2) is 35.9 Å². The summed E-state index contributed by atoms with van der Waals surface area (Å²) in [6.45, 7) is 2.69. The number of hydrogen-bond donors (Lipinski definition) is 1. The van der Waals surface area contributed by atoms with Gasteiger partial charge in [-0.05, 0) is 24.5 Å². The molecule has 4 nitrogen and oxygen atoms in total. The highest BCUT2D eigenvalue weighted by atomic mass is 19.4. The number of alkyl halides is 3. The fourth-order valence-electron chi connectivity index (χ4n) is 2.76. The van der Waals surface area contributed by atoms with Crippen molar-refractivity contribution in [3.63, 3.8) is 0 Å². The summed E-state index contributed by atoms with van der Waals surface area (Å²) >= 11 is 0. The molecule has 0 aliphatic carbocycles. The molecule has 0 bridgehead atoms. The molecule has 7 heteroatoms. The largest absolute Gasteiger partial charge is 0.435 e. The Morgan fingerprint density at radius 1 is 1.22 bits per heavy atom. The summed E-state index contributed by atoms with van der Waals surface area (Å²) in [5.41, 5.74) is -0.938. The molecule has 3 heterocycles. The van der Waals surface area contributed by atoms with E-state index in [9.17, 15) is 13.2 Å². The van der Waals surface area contributed by atoms with Crippen LogP contribution in [0.4, 0.5) is 19.0 Å². The third-order valence-corrected chi connectivity index (χ3v) is 3.68. The zero-order valence-corrected chi connectivity index (χ0v) is 9.61. The molecule has 0 saturated carbocycles. The number of rotatable bonds is 1. The van der Waals surface area contributed by atoms with Crippen LogP contribution in [0.1, 0.15) is 12.1 Å². The third kappa shape index (κ3) is 1.92. The average molecular weight is 258 g/mol. The van der Waals surface area contributed by atoms with E-state index in [1.165, 1.54) is 6.07 Å². The SMILES string of the molecule is FC(F)(F)c1ccc(N2CC[C@H]3CNC[C@H]32)nn1. The van der Waals surface area contributed by atoms with E-state index in [1.54, 1.807) is 0 Å². The number of nitrogens with zero attached hydrogens (tertiary/aromatic N) is 3. The van der Waals surface area contributed by atoms with Crippen LogP contribution in [0.3, 0.4) is 0 Å². The second-order valence-electron chi connectivity index (χ2n) is 4.74. The van der Waals surface area contributed by atoms with Gasteiger partial charge in [0.05, 0.1) is 0 Å². The maximum absolute atomic E-state index is 12.4. The van der Waals surface area contributed by atoms with Gasteiger partial charge in [-0.25, -0.2) is 0 Å². The van der Waals surface area contributed by atoms with Crippen LogP contribution in [0, 0.1) is 5.92 Å². The summed E-state index contributed by atoms with van der Waals surface area (Å²) in [6, 6.07) is 2.75. The number of aromatic nitrogens is 2. The first kappa shape index (κ1) is 11.7. The molecule has 2 atom stereocenters. The molecule has 18 heavy (non-hydrogen) atoms. The van der Waals surface area contributed by atoms with Gasteiger partial charge in [-0.2, -0.15) is 13.2 Å². The molecule has 0 aromatic carbocycles. The minimum Gasteiger partial charge on any atom is -0.351 e. The Labute approximate surface area is 102 Å². The van der Waals surface area contributed by atoms with Crippen LogP contribution >= 0.6 is 0 Å². The van der Waals surface area contributed by atoms with E-state index in [2.05, 4.69) is 20.4 Å². The zero-order chi connectivity index (χ0) is 12.8. The number of hydrogen-bond acceptors (Lipinski definition) is 4. The number of fused-ring (bicyclic) bond motifs is 1. The lowest BCUT2D eigenvalue weighted by molar-refractivity contribution is -0.141. The summed E-state index contributed by atoms with van der Waals surface area (Å²) in [6.07, 6.45) is -3.37. The molecule has 1 aromatic heterocycles. The van der Waals surface area contributed by atoms with Crippen LogP contribution in [0.5, 0.6) is 0 Å². The van der Waals surface area contributed by atoms with Crippen molar-refractivity contribution in [2.45, 2.75) is 18.6 Å². The standard InChI is InChI=1S/C11H13F3N4/c12-11(13,14)9-1-2-10(17-16-9)18-4-3-7-5-15-6-8(7)18/h1-2,7-8,15H,3-6H2/t7-,8+/m0/s1. The first-order valence-electron chi connectivity index (χ1n) is 5.94. The normalized spacial score (nSPS) is 27.6. The molecule has 0 radical (unpaired) electrons. The highest BCUT2D eigenvalue weighted by Gasteiger charge is 2.39. The molecule has 2 aliphatic heterocycles. The van der Waals surface area contributed by atoms with Crippen LogP contribution in [0.15, 0.2) is 12.1 Å². The molecule has 0 amide bonds. The van der Waals surface area contributed by atoms with Crippen molar-refractivity contribution >= 4 is 5.82 Å². The fraction of sp³-hybridized carbons (Fsp3) is 0.636. The molecule has 1 aromatic rings. The first-order chi connectivity index (χ1) is 8.55. The predicted octanol–water partition coefficient (Wildman–Crippen LogP) is 1.29. The highest BCUT2D eigenvalue weighted by molar-refractivity contribution is 5.41. The van der Waals surface area contributed by atoms with Crippen molar-refractivity contribution < 1.29 is 13.2 Å². The van der Waals surface area contributed by atoms with Crippen molar-refractivity contribution in [3.8, 4) is 0 Å². The lowest BCUT2D eigenvalue weighted by Gasteiger charge is -2.23.